The molecule has 0 saturated carbocycles. The summed E-state index contributed by atoms with van der Waals surface area (Å²) in [4.78, 5) is 75.7. The third kappa shape index (κ3) is 17.7. The molecule has 20 heteroatoms. The Hall–Kier alpha value is -9.48. The lowest BCUT2D eigenvalue weighted by atomic mass is 10.0. The van der Waals surface area contributed by atoms with Crippen LogP contribution in [0.15, 0.2) is 194 Å². The highest BCUT2D eigenvalue weighted by Crippen LogP contribution is 2.32. The van der Waals surface area contributed by atoms with Crippen molar-refractivity contribution >= 4 is 69.6 Å². The molecule has 16 bridgehead atoms. The summed E-state index contributed by atoms with van der Waals surface area (Å²) in [5.41, 5.74) is 14.7. The first kappa shape index (κ1) is 65.2. The first-order valence-electron chi connectivity index (χ1n) is 33.9. The van der Waals surface area contributed by atoms with Gasteiger partial charge in [0.05, 0.1) is 22.7 Å². The quantitative estimate of drug-likeness (QED) is 0.0720. The maximum absolute atomic E-state index is 14.0. The molecule has 8 amide bonds. The van der Waals surface area contributed by atoms with Gasteiger partial charge in [0.15, 0.2) is 0 Å². The molecule has 8 aromatic carbocycles. The number of anilines is 8. The Balaban J connectivity index is 0.780. The van der Waals surface area contributed by atoms with Crippen LogP contribution in [0.4, 0.5) is 64.7 Å². The van der Waals surface area contributed by atoms with E-state index in [9.17, 15) is 19.2 Å². The zero-order valence-electron chi connectivity index (χ0n) is 54.7. The number of amides is 8. The number of hydrogen-bond donors (Lipinski definition) is 8. The van der Waals surface area contributed by atoms with E-state index in [0.29, 0.717) is 52.4 Å². The summed E-state index contributed by atoms with van der Waals surface area (Å²) in [7, 11) is 0. The van der Waals surface area contributed by atoms with Crippen LogP contribution < -0.4 is 42.5 Å². The Morgan fingerprint density at radius 2 is 0.333 bits per heavy atom. The van der Waals surface area contributed by atoms with Gasteiger partial charge in [0, 0.05) is 180 Å². The van der Waals surface area contributed by atoms with Crippen LogP contribution in [0.25, 0.3) is 0 Å². The molecule has 11 heterocycles. The summed E-state index contributed by atoms with van der Waals surface area (Å²) in [5.74, 6) is 0. The van der Waals surface area contributed by atoms with Gasteiger partial charge in [-0.1, -0.05) is 146 Å². The number of nitrogens with zero attached hydrogens (tertiary/aromatic N) is 8. The largest absolute Gasteiger partial charge is 0.323 e. The minimum Gasteiger partial charge on any atom is -0.308 e. The number of hydrogen-bond acceptors (Lipinski definition) is 12. The van der Waals surface area contributed by atoms with Gasteiger partial charge >= 0.3 is 24.1 Å². The van der Waals surface area contributed by atoms with E-state index in [0.717, 1.165) is 195 Å². The van der Waals surface area contributed by atoms with Crippen molar-refractivity contribution in [3.63, 3.8) is 0 Å². The molecule has 19 rings (SSSR count). The van der Waals surface area contributed by atoms with E-state index in [-0.39, 0.29) is 24.1 Å². The average Bonchev–Trinajstić information content (AvgIpc) is 1.15. The van der Waals surface area contributed by atoms with E-state index in [1.165, 1.54) is 0 Å². The highest BCUT2D eigenvalue weighted by molar-refractivity contribution is 6.03. The second kappa shape index (κ2) is 31.8. The number of urea groups is 4. The smallest absolute Gasteiger partial charge is 0.308 e. The number of para-hydroxylation sites is 8. The van der Waals surface area contributed by atoms with Crippen molar-refractivity contribution in [2.45, 2.75) is 52.4 Å². The van der Waals surface area contributed by atoms with Crippen molar-refractivity contribution in [2.75, 3.05) is 147 Å². The van der Waals surface area contributed by atoms with Gasteiger partial charge in [-0.05, 0) is 93.0 Å². The van der Waals surface area contributed by atoms with Crippen molar-refractivity contribution in [3.05, 3.63) is 239 Å². The Labute approximate surface area is 563 Å². The van der Waals surface area contributed by atoms with Crippen LogP contribution in [0.5, 0.6) is 0 Å². The fourth-order valence-electron chi connectivity index (χ4n) is 13.8. The fourth-order valence-corrected chi connectivity index (χ4v) is 13.8. The Morgan fingerprint density at radius 1 is 0.188 bits per heavy atom. The van der Waals surface area contributed by atoms with Crippen LogP contribution in [0.2, 0.25) is 0 Å². The van der Waals surface area contributed by atoms with Crippen molar-refractivity contribution in [1.29, 1.82) is 0 Å². The third-order valence-electron chi connectivity index (χ3n) is 19.0. The third-order valence-corrected chi connectivity index (χ3v) is 19.0. The Kier molecular flexibility index (Phi) is 21.6. The number of carbonyl (C=O) groups is 4. The van der Waals surface area contributed by atoms with Gasteiger partial charge in [0.25, 0.3) is 0 Å². The van der Waals surface area contributed by atoms with Crippen molar-refractivity contribution in [2.24, 2.45) is 0 Å². The van der Waals surface area contributed by atoms with Crippen molar-refractivity contribution in [1.82, 2.24) is 39.2 Å². The summed E-state index contributed by atoms with van der Waals surface area (Å²) >= 11 is 0. The number of benzene rings is 8. The predicted octanol–water partition coefficient (Wildman–Crippen LogP) is 11.8. The molecule has 8 aromatic rings. The summed E-state index contributed by atoms with van der Waals surface area (Å²) in [6.07, 6.45) is 0. The van der Waals surface area contributed by atoms with Crippen LogP contribution in [-0.2, 0) is 52.4 Å². The van der Waals surface area contributed by atoms with Gasteiger partial charge in [0.1, 0.15) is 0 Å². The number of rotatable bonds is 8. The van der Waals surface area contributed by atoms with Crippen molar-refractivity contribution in [3.8, 4) is 0 Å². The molecule has 496 valence electrons. The van der Waals surface area contributed by atoms with Gasteiger partial charge in [0.2, 0.25) is 0 Å². The minimum atomic E-state index is -0.285. The molecule has 0 radical (unpaired) electrons. The molecule has 11 aliphatic rings. The Morgan fingerprint density at radius 3 is 0.479 bits per heavy atom. The second-order valence-electron chi connectivity index (χ2n) is 25.8. The standard InChI is InChI=1S/C76H88N16O4/c93-73(77-65-25-5-1-6-26-65)81-69-57-17-13-18-58(69)50-86-35-39-88(40-36-86)52-60-20-15-22-62(71(60)83-75(95)79-67-29-9-3-10-30-67)54-90-43-47-92(48-44-90)56-64-24-16-23-63(72(64)84-76(96)80-68-31-11-4-12-32-68)55-91-45-41-89(42-46-91)53-61-21-14-19-59(51-87-37-33-85(49-57)34-38-87)70(61)82-74(94)78-66-27-7-2-8-28-66/h1-32H,33-56H2,(H2,77,81,93)(H2,78,82,94)(H2,79,83,95)(H2,80,84,96). The minimum absolute atomic E-state index is 0.285. The van der Waals surface area contributed by atoms with Gasteiger partial charge in [-0.2, -0.15) is 0 Å². The zero-order valence-corrected chi connectivity index (χ0v) is 54.7. The van der Waals surface area contributed by atoms with Crippen LogP contribution in [0.1, 0.15) is 44.5 Å². The molecule has 0 aromatic heterocycles. The molecule has 4 saturated heterocycles. The second-order valence-corrected chi connectivity index (χ2v) is 25.8. The van der Waals surface area contributed by atoms with E-state index in [4.69, 9.17) is 0 Å². The fraction of sp³-hybridized carbons (Fsp3) is 0.316. The first-order valence-corrected chi connectivity index (χ1v) is 33.9. The number of piperazine rings is 4. The summed E-state index contributed by atoms with van der Waals surface area (Å²) < 4.78 is 0. The molecule has 0 unspecified atom stereocenters. The van der Waals surface area contributed by atoms with Gasteiger partial charge in [-0.3, -0.25) is 39.2 Å². The molecule has 0 atom stereocenters. The highest BCUT2D eigenvalue weighted by atomic mass is 16.2. The van der Waals surface area contributed by atoms with Crippen LogP contribution in [0.3, 0.4) is 0 Å². The van der Waals surface area contributed by atoms with Crippen LogP contribution in [-0.4, -0.2) is 168 Å². The highest BCUT2D eigenvalue weighted by Gasteiger charge is 2.28. The van der Waals surface area contributed by atoms with Gasteiger partial charge in [-0.25, -0.2) is 19.2 Å². The van der Waals surface area contributed by atoms with Crippen LogP contribution >= 0.6 is 0 Å². The summed E-state index contributed by atoms with van der Waals surface area (Å²) in [6.45, 7) is 18.4. The number of nitrogens with one attached hydrogen (secondary N) is 8. The lowest BCUT2D eigenvalue weighted by Gasteiger charge is -2.37. The maximum Gasteiger partial charge on any atom is 0.323 e. The van der Waals surface area contributed by atoms with E-state index in [2.05, 4.69) is 155 Å². The predicted molar refractivity (Wildman–Crippen MR) is 384 cm³/mol. The lowest BCUT2D eigenvalue weighted by molar-refractivity contribution is 0.119. The molecule has 4 fully saturated rings. The molecule has 11 aliphatic heterocycles. The summed E-state index contributed by atoms with van der Waals surface area (Å²) in [5, 5.41) is 25.6. The van der Waals surface area contributed by atoms with E-state index < -0.39 is 0 Å². The molecule has 0 spiro atoms. The molecular formula is C76H88N16O4. The molecular weight excluding hydrogens is 1200 g/mol. The normalized spacial score (nSPS) is 22.2. The zero-order chi connectivity index (χ0) is 65.4. The monoisotopic (exact) mass is 1290 g/mol. The topological polar surface area (TPSA) is 190 Å². The first-order chi connectivity index (χ1) is 47.1. The van der Waals surface area contributed by atoms with Crippen molar-refractivity contribution < 1.29 is 19.2 Å². The summed E-state index contributed by atoms with van der Waals surface area (Å²) in [6, 6.07) is 62.8. The molecule has 8 N–H and O–H groups in total. The SMILES string of the molecule is O=C(Nc1ccccc1)Nc1c2cccc1CN1CCN(CC1)Cc1cccc(c1NC(=O)Nc1ccccc1)CN1CCN(CC1)Cc1cccc(c1NC(=O)Nc1ccccc1)CN1CCN(CC1)Cc1cccc(c1NC(=O)Nc1ccccc1)CN1CCN(CC1)C2. The average molecular weight is 1290 g/mol. The van der Waals surface area contributed by atoms with E-state index in [1.54, 1.807) is 0 Å². The van der Waals surface area contributed by atoms with E-state index >= 15 is 0 Å². The number of carbonyl (C=O) groups excluding carboxylic acids is 4. The maximum atomic E-state index is 14.0. The van der Waals surface area contributed by atoms with Gasteiger partial charge in [-0.15, -0.1) is 0 Å². The molecule has 96 heavy (non-hydrogen) atoms. The Bertz CT molecular complexity index is 3270. The van der Waals surface area contributed by atoms with Crippen LogP contribution in [0, 0.1) is 0 Å². The van der Waals surface area contributed by atoms with E-state index in [1.807, 2.05) is 121 Å². The molecule has 0 aliphatic carbocycles. The lowest BCUT2D eigenvalue weighted by Crippen LogP contribution is -2.46. The van der Waals surface area contributed by atoms with Gasteiger partial charge < -0.3 is 42.5 Å². The molecule has 20 nitrogen and oxygen atoms in total.